The van der Waals surface area contributed by atoms with Crippen molar-refractivity contribution in [3.8, 4) is 0 Å². The van der Waals surface area contributed by atoms with Crippen molar-refractivity contribution in [2.45, 2.75) is 23.8 Å². The van der Waals surface area contributed by atoms with E-state index in [2.05, 4.69) is 4.98 Å². The largest absolute Gasteiger partial charge is 0.449 e. The van der Waals surface area contributed by atoms with Gasteiger partial charge in [-0.25, -0.2) is 22.8 Å². The summed E-state index contributed by atoms with van der Waals surface area (Å²) in [7, 11) is -2.96. The third kappa shape index (κ3) is 2.98. The second kappa shape index (κ2) is 5.92. The van der Waals surface area contributed by atoms with E-state index in [-0.39, 0.29) is 23.4 Å². The monoisotopic (exact) mass is 340 g/mol. The Labute approximate surface area is 132 Å². The van der Waals surface area contributed by atoms with Gasteiger partial charge >= 0.3 is 6.09 Å². The summed E-state index contributed by atoms with van der Waals surface area (Å²) in [6, 6.07) is 7.29. The number of fused-ring (bicyclic) bond motifs is 1. The van der Waals surface area contributed by atoms with Crippen LogP contribution in [-0.2, 0) is 14.6 Å². The molecule has 1 aromatic carbocycles. The average molecular weight is 340 g/mol. The van der Waals surface area contributed by atoms with Gasteiger partial charge in [-0.2, -0.15) is 0 Å². The Hall–Kier alpha value is -1.54. The minimum Gasteiger partial charge on any atom is -0.449 e. The minimum atomic E-state index is -2.96. The molecule has 0 N–H and O–H groups in total. The zero-order chi connectivity index (χ0) is 15.7. The molecule has 2 aromatic rings. The maximum Gasteiger partial charge on any atom is 0.420 e. The number of carbonyl (C=O) groups is 1. The van der Waals surface area contributed by atoms with Crippen LogP contribution >= 0.6 is 11.8 Å². The number of sulfone groups is 1. The Kier molecular flexibility index (Phi) is 4.14. The topological polar surface area (TPSA) is 78.3 Å². The Morgan fingerprint density at radius 2 is 2.23 bits per heavy atom. The van der Waals surface area contributed by atoms with Crippen LogP contribution in [0.3, 0.4) is 0 Å². The maximum atomic E-state index is 12.2. The molecule has 0 unspecified atom stereocenters. The van der Waals surface area contributed by atoms with Gasteiger partial charge in [0.05, 0.1) is 29.1 Å². The minimum absolute atomic E-state index is 0.0741. The lowest BCUT2D eigenvalue weighted by Crippen LogP contribution is -2.16. The van der Waals surface area contributed by atoms with E-state index in [1.807, 2.05) is 18.2 Å². The fraction of sp³-hybridized carbons (Fsp3) is 0.429. The molecule has 0 spiro atoms. The molecule has 1 aliphatic rings. The molecule has 1 fully saturated rings. The number of hydrogen-bond donors (Lipinski definition) is 0. The number of benzene rings is 1. The molecular weight excluding hydrogens is 324 g/mol. The van der Waals surface area contributed by atoms with Gasteiger partial charge < -0.3 is 4.74 Å². The first-order valence-electron chi connectivity index (χ1n) is 7.02. The van der Waals surface area contributed by atoms with Gasteiger partial charge in [-0.1, -0.05) is 23.9 Å². The number of thioether (sulfide) groups is 1. The van der Waals surface area contributed by atoms with Crippen molar-refractivity contribution in [3.63, 3.8) is 0 Å². The number of ether oxygens (including phenoxy) is 1. The summed E-state index contributed by atoms with van der Waals surface area (Å²) < 4.78 is 29.7. The van der Waals surface area contributed by atoms with E-state index in [0.717, 1.165) is 0 Å². The van der Waals surface area contributed by atoms with Crippen molar-refractivity contribution < 1.29 is 17.9 Å². The number of carbonyl (C=O) groups excluding carboxylic acids is 1. The summed E-state index contributed by atoms with van der Waals surface area (Å²) in [5, 5.41) is 0.414. The Bertz CT molecular complexity index is 813. The van der Waals surface area contributed by atoms with Crippen LogP contribution in [-0.4, -0.2) is 47.4 Å². The number of imidazole rings is 1. The number of rotatable bonds is 3. The first-order valence-corrected chi connectivity index (χ1v) is 9.72. The summed E-state index contributed by atoms with van der Waals surface area (Å²) in [6.45, 7) is 2.01. The van der Waals surface area contributed by atoms with Crippen LogP contribution in [0.25, 0.3) is 11.0 Å². The maximum absolute atomic E-state index is 12.2. The van der Waals surface area contributed by atoms with E-state index in [1.165, 1.54) is 16.3 Å². The molecule has 2 heterocycles. The average Bonchev–Trinajstić information content (AvgIpc) is 2.99. The van der Waals surface area contributed by atoms with Crippen molar-refractivity contribution in [1.82, 2.24) is 9.55 Å². The van der Waals surface area contributed by atoms with Crippen LogP contribution in [0.1, 0.15) is 13.3 Å². The molecule has 3 rings (SSSR count). The van der Waals surface area contributed by atoms with Crippen molar-refractivity contribution in [2.75, 3.05) is 18.1 Å². The van der Waals surface area contributed by atoms with Crippen LogP contribution in [0.2, 0.25) is 0 Å². The molecule has 0 amide bonds. The third-order valence-electron chi connectivity index (χ3n) is 3.44. The van der Waals surface area contributed by atoms with Gasteiger partial charge in [-0.05, 0) is 25.5 Å². The Balaban J connectivity index is 1.97. The third-order valence-corrected chi connectivity index (χ3v) is 6.64. The number of hydrogen-bond acceptors (Lipinski definition) is 6. The lowest BCUT2D eigenvalue weighted by molar-refractivity contribution is 0.152. The van der Waals surface area contributed by atoms with E-state index >= 15 is 0 Å². The highest BCUT2D eigenvalue weighted by Gasteiger charge is 2.31. The Morgan fingerprint density at radius 1 is 1.45 bits per heavy atom. The second-order valence-electron chi connectivity index (χ2n) is 5.06. The van der Waals surface area contributed by atoms with Crippen LogP contribution in [0.5, 0.6) is 0 Å². The molecule has 8 heteroatoms. The number of nitrogens with zero attached hydrogens (tertiary/aromatic N) is 2. The number of para-hydroxylation sites is 2. The van der Waals surface area contributed by atoms with E-state index in [9.17, 15) is 13.2 Å². The van der Waals surface area contributed by atoms with Gasteiger partial charge in [-0.3, -0.25) is 0 Å². The van der Waals surface area contributed by atoms with E-state index in [1.54, 1.807) is 13.0 Å². The van der Waals surface area contributed by atoms with E-state index < -0.39 is 15.9 Å². The first-order chi connectivity index (χ1) is 10.5. The zero-order valence-electron chi connectivity index (χ0n) is 12.1. The van der Waals surface area contributed by atoms with Gasteiger partial charge in [0.2, 0.25) is 0 Å². The van der Waals surface area contributed by atoms with Gasteiger partial charge in [0, 0.05) is 5.25 Å². The van der Waals surface area contributed by atoms with Gasteiger partial charge in [0.15, 0.2) is 15.0 Å². The standard InChI is InChI=1S/C14H16N2O4S2/c1-2-20-14(17)16-12-6-4-3-5-11(12)15-13(16)21-10-7-8-22(18,19)9-10/h3-6,10H,2,7-9H2,1H3/t10-/m0/s1. The molecular formula is C14H16N2O4S2. The summed E-state index contributed by atoms with van der Waals surface area (Å²) in [6.07, 6.45) is 0.0958. The van der Waals surface area contributed by atoms with Crippen molar-refractivity contribution in [3.05, 3.63) is 24.3 Å². The molecule has 118 valence electrons. The number of aromatic nitrogens is 2. The molecule has 1 aliphatic heterocycles. The highest BCUT2D eigenvalue weighted by molar-refractivity contribution is 8.01. The fourth-order valence-electron chi connectivity index (χ4n) is 2.45. The second-order valence-corrected chi connectivity index (χ2v) is 8.56. The summed E-state index contributed by atoms with van der Waals surface area (Å²) in [5.41, 5.74) is 1.36. The Morgan fingerprint density at radius 3 is 2.91 bits per heavy atom. The van der Waals surface area contributed by atoms with Crippen molar-refractivity contribution >= 4 is 38.7 Å². The van der Waals surface area contributed by atoms with Crippen molar-refractivity contribution in [1.29, 1.82) is 0 Å². The van der Waals surface area contributed by atoms with Crippen LogP contribution in [0, 0.1) is 0 Å². The smallest absolute Gasteiger partial charge is 0.420 e. The van der Waals surface area contributed by atoms with Crippen LogP contribution in [0.4, 0.5) is 4.79 Å². The first kappa shape index (κ1) is 15.4. The molecule has 6 nitrogen and oxygen atoms in total. The van der Waals surface area contributed by atoms with E-state index in [0.29, 0.717) is 22.6 Å². The lowest BCUT2D eigenvalue weighted by Gasteiger charge is -2.09. The van der Waals surface area contributed by atoms with Crippen LogP contribution in [0.15, 0.2) is 29.4 Å². The van der Waals surface area contributed by atoms with E-state index in [4.69, 9.17) is 4.74 Å². The predicted octanol–water partition coefficient (Wildman–Crippen LogP) is 2.32. The van der Waals surface area contributed by atoms with Crippen molar-refractivity contribution in [2.24, 2.45) is 0 Å². The lowest BCUT2D eigenvalue weighted by atomic mass is 10.3. The van der Waals surface area contributed by atoms with Gasteiger partial charge in [-0.15, -0.1) is 0 Å². The molecule has 1 saturated heterocycles. The molecule has 0 radical (unpaired) electrons. The fourth-order valence-corrected chi connectivity index (χ4v) is 6.00. The molecule has 0 saturated carbocycles. The highest BCUT2D eigenvalue weighted by Crippen LogP contribution is 2.32. The predicted molar refractivity (Wildman–Crippen MR) is 85.1 cm³/mol. The summed E-state index contributed by atoms with van der Waals surface area (Å²) in [4.78, 5) is 16.7. The molecule has 0 aliphatic carbocycles. The van der Waals surface area contributed by atoms with Gasteiger partial charge in [0.1, 0.15) is 0 Å². The summed E-state index contributed by atoms with van der Waals surface area (Å²) >= 11 is 1.33. The summed E-state index contributed by atoms with van der Waals surface area (Å²) in [5.74, 6) is 0.327. The normalized spacial score (nSPS) is 20.3. The highest BCUT2D eigenvalue weighted by atomic mass is 32.2. The quantitative estimate of drug-likeness (QED) is 0.853. The van der Waals surface area contributed by atoms with Gasteiger partial charge in [0.25, 0.3) is 0 Å². The zero-order valence-corrected chi connectivity index (χ0v) is 13.7. The molecule has 1 atom stereocenters. The molecule has 0 bridgehead atoms. The molecule has 1 aromatic heterocycles. The SMILES string of the molecule is CCOC(=O)n1c(S[C@H]2CCS(=O)(=O)C2)nc2ccccc21. The molecule has 22 heavy (non-hydrogen) atoms. The van der Waals surface area contributed by atoms with Crippen LogP contribution < -0.4 is 0 Å².